The van der Waals surface area contributed by atoms with Crippen LogP contribution in [0.4, 0.5) is 0 Å². The van der Waals surface area contributed by atoms with Gasteiger partial charge in [0.15, 0.2) is 0 Å². The van der Waals surface area contributed by atoms with Gasteiger partial charge in [-0.1, -0.05) is 18.5 Å². The molecule has 0 aliphatic carbocycles. The zero-order chi connectivity index (χ0) is 12.1. The quantitative estimate of drug-likeness (QED) is 0.561. The van der Waals surface area contributed by atoms with Gasteiger partial charge in [0.05, 0.1) is 13.2 Å². The molecule has 0 radical (unpaired) electrons. The lowest BCUT2D eigenvalue weighted by Crippen LogP contribution is -2.33. The van der Waals surface area contributed by atoms with Crippen molar-refractivity contribution in [2.75, 3.05) is 13.2 Å². The van der Waals surface area contributed by atoms with Crippen molar-refractivity contribution < 1.29 is 23.5 Å². The number of aliphatic carboxylic acids is 1. The van der Waals surface area contributed by atoms with E-state index >= 15 is 0 Å². The van der Waals surface area contributed by atoms with Crippen LogP contribution in [0, 0.1) is 0 Å². The van der Waals surface area contributed by atoms with Crippen molar-refractivity contribution in [3.8, 4) is 0 Å². The maximum atomic E-state index is 12.2. The molecule has 0 fully saturated rings. The Morgan fingerprint density at radius 3 is 1.93 bits per heavy atom. The highest BCUT2D eigenvalue weighted by Crippen LogP contribution is 2.63. The third-order valence-electron chi connectivity index (χ3n) is 1.83. The summed E-state index contributed by atoms with van der Waals surface area (Å²) in [5.41, 5.74) is 0. The van der Waals surface area contributed by atoms with E-state index in [1.54, 1.807) is 13.8 Å². The predicted molar refractivity (Wildman–Crippen MR) is 57.4 cm³/mol. The standard InChI is InChI=1S/C8H16ClO5P/c1-4-8(9,7(10)11)15(12,13-5-2)14-6-3/h4-6H2,1-3H3,(H,10,11). The number of carboxylic acids is 1. The average molecular weight is 259 g/mol. The summed E-state index contributed by atoms with van der Waals surface area (Å²) in [4.78, 5) is 11.0. The molecule has 0 aromatic heterocycles. The van der Waals surface area contributed by atoms with Crippen LogP contribution in [0.2, 0.25) is 0 Å². The summed E-state index contributed by atoms with van der Waals surface area (Å²) in [6, 6.07) is 0. The normalized spacial score (nSPS) is 16.0. The van der Waals surface area contributed by atoms with E-state index < -0.39 is 18.2 Å². The highest BCUT2D eigenvalue weighted by molar-refractivity contribution is 7.59. The molecule has 0 saturated carbocycles. The first-order chi connectivity index (χ1) is 6.88. The topological polar surface area (TPSA) is 72.8 Å². The summed E-state index contributed by atoms with van der Waals surface area (Å²) < 4.78 is 20.0. The second-order valence-electron chi connectivity index (χ2n) is 2.75. The highest BCUT2D eigenvalue weighted by atomic mass is 35.5. The van der Waals surface area contributed by atoms with Gasteiger partial charge in [0.2, 0.25) is 4.62 Å². The van der Waals surface area contributed by atoms with Gasteiger partial charge in [0.1, 0.15) is 0 Å². The Labute approximate surface area is 94.2 Å². The molecule has 0 bridgehead atoms. The van der Waals surface area contributed by atoms with Gasteiger partial charge in [-0.15, -0.1) is 0 Å². The summed E-state index contributed by atoms with van der Waals surface area (Å²) in [6.45, 7) is 4.88. The number of hydrogen-bond acceptors (Lipinski definition) is 4. The summed E-state index contributed by atoms with van der Waals surface area (Å²) in [5.74, 6) is -1.39. The maximum absolute atomic E-state index is 12.2. The van der Waals surface area contributed by atoms with E-state index in [0.717, 1.165) is 0 Å². The molecule has 0 heterocycles. The minimum atomic E-state index is -3.83. The first kappa shape index (κ1) is 14.9. The molecule has 0 saturated heterocycles. The van der Waals surface area contributed by atoms with Crippen LogP contribution in [-0.4, -0.2) is 28.9 Å². The lowest BCUT2D eigenvalue weighted by molar-refractivity contribution is -0.138. The number of hydrogen-bond donors (Lipinski definition) is 1. The van der Waals surface area contributed by atoms with E-state index in [2.05, 4.69) is 0 Å². The van der Waals surface area contributed by atoms with Crippen molar-refractivity contribution in [3.63, 3.8) is 0 Å². The summed E-state index contributed by atoms with van der Waals surface area (Å²) in [5, 5.41) is 8.96. The molecule has 0 aliphatic heterocycles. The van der Waals surface area contributed by atoms with Crippen molar-refractivity contribution in [2.24, 2.45) is 0 Å². The number of carboxylic acid groups (broad SMARTS) is 1. The van der Waals surface area contributed by atoms with Crippen LogP contribution in [-0.2, 0) is 18.4 Å². The highest BCUT2D eigenvalue weighted by Gasteiger charge is 2.55. The van der Waals surface area contributed by atoms with Crippen molar-refractivity contribution in [2.45, 2.75) is 31.8 Å². The minimum absolute atomic E-state index is 0.0405. The maximum Gasteiger partial charge on any atom is 0.362 e. The molecule has 0 aromatic rings. The fourth-order valence-electron chi connectivity index (χ4n) is 1.04. The third kappa shape index (κ3) is 2.94. The van der Waals surface area contributed by atoms with E-state index in [1.165, 1.54) is 6.92 Å². The van der Waals surface area contributed by atoms with E-state index in [0.29, 0.717) is 0 Å². The Kier molecular flexibility index (Phi) is 5.81. The molecule has 0 rings (SSSR count). The summed E-state index contributed by atoms with van der Waals surface area (Å²) >= 11 is 5.81. The monoisotopic (exact) mass is 258 g/mol. The van der Waals surface area contributed by atoms with Gasteiger partial charge in [-0.05, 0) is 20.3 Å². The fourth-order valence-corrected chi connectivity index (χ4v) is 3.12. The number of alkyl halides is 1. The number of carbonyl (C=O) groups is 1. The first-order valence-corrected chi connectivity index (χ1v) is 6.61. The van der Waals surface area contributed by atoms with E-state index in [-0.39, 0.29) is 19.6 Å². The van der Waals surface area contributed by atoms with Gasteiger partial charge in [0.25, 0.3) is 0 Å². The van der Waals surface area contributed by atoms with Gasteiger partial charge in [-0.2, -0.15) is 0 Å². The molecule has 1 N–H and O–H groups in total. The average Bonchev–Trinajstić information content (AvgIpc) is 2.16. The van der Waals surface area contributed by atoms with Crippen molar-refractivity contribution in [1.82, 2.24) is 0 Å². The largest absolute Gasteiger partial charge is 0.479 e. The molecule has 1 atom stereocenters. The first-order valence-electron chi connectivity index (χ1n) is 4.69. The van der Waals surface area contributed by atoms with Crippen LogP contribution in [0.25, 0.3) is 0 Å². The van der Waals surface area contributed by atoms with Crippen LogP contribution in [0.1, 0.15) is 27.2 Å². The lowest BCUT2D eigenvalue weighted by Gasteiger charge is -2.29. The van der Waals surface area contributed by atoms with Gasteiger partial charge in [-0.25, -0.2) is 4.79 Å². The van der Waals surface area contributed by atoms with Crippen molar-refractivity contribution in [3.05, 3.63) is 0 Å². The third-order valence-corrected chi connectivity index (χ3v) is 5.45. The van der Waals surface area contributed by atoms with Crippen LogP contribution in [0.3, 0.4) is 0 Å². The molecule has 5 nitrogen and oxygen atoms in total. The smallest absolute Gasteiger partial charge is 0.362 e. The van der Waals surface area contributed by atoms with Gasteiger partial charge < -0.3 is 14.2 Å². The van der Waals surface area contributed by atoms with Gasteiger partial charge >= 0.3 is 13.6 Å². The molecule has 1 unspecified atom stereocenters. The zero-order valence-electron chi connectivity index (χ0n) is 9.03. The SMILES string of the molecule is CCOP(=O)(OCC)C(Cl)(CC)C(=O)O. The van der Waals surface area contributed by atoms with Crippen LogP contribution < -0.4 is 0 Å². The van der Waals surface area contributed by atoms with Crippen molar-refractivity contribution in [1.29, 1.82) is 0 Å². The molecule has 7 heteroatoms. The summed E-state index contributed by atoms with van der Waals surface area (Å²) in [7, 11) is -3.83. The molecule has 0 amide bonds. The second kappa shape index (κ2) is 5.85. The molecule has 15 heavy (non-hydrogen) atoms. The van der Waals surface area contributed by atoms with E-state index in [1.807, 2.05) is 0 Å². The van der Waals surface area contributed by atoms with E-state index in [9.17, 15) is 9.36 Å². The molecular formula is C8H16ClO5P. The predicted octanol–water partition coefficient (Wildman–Crippen LogP) is 2.68. The Balaban J connectivity index is 5.19. The fraction of sp³-hybridized carbons (Fsp3) is 0.875. The lowest BCUT2D eigenvalue weighted by atomic mass is 10.3. The second-order valence-corrected chi connectivity index (χ2v) is 5.93. The summed E-state index contributed by atoms with van der Waals surface area (Å²) in [6.07, 6.45) is -0.0405. The van der Waals surface area contributed by atoms with Crippen LogP contribution >= 0.6 is 19.2 Å². The van der Waals surface area contributed by atoms with Crippen LogP contribution in [0.5, 0.6) is 0 Å². The molecule has 0 aliphatic rings. The van der Waals surface area contributed by atoms with E-state index in [4.69, 9.17) is 25.8 Å². The van der Waals surface area contributed by atoms with Gasteiger partial charge in [-0.3, -0.25) is 4.57 Å². The van der Waals surface area contributed by atoms with Crippen LogP contribution in [0.15, 0.2) is 0 Å². The Morgan fingerprint density at radius 1 is 1.33 bits per heavy atom. The Morgan fingerprint density at radius 2 is 1.73 bits per heavy atom. The Hall–Kier alpha value is -0.0900. The molecule has 0 aromatic carbocycles. The number of rotatable bonds is 7. The van der Waals surface area contributed by atoms with Gasteiger partial charge in [0, 0.05) is 0 Å². The number of halogens is 1. The van der Waals surface area contributed by atoms with Crippen molar-refractivity contribution >= 4 is 25.2 Å². The zero-order valence-corrected chi connectivity index (χ0v) is 10.7. The molecule has 0 spiro atoms. The minimum Gasteiger partial charge on any atom is -0.479 e. The molecule has 90 valence electrons. The Bertz CT molecular complexity index is 260. The molecular weight excluding hydrogens is 243 g/mol.